The molecule has 1 aromatic carbocycles. The summed E-state index contributed by atoms with van der Waals surface area (Å²) in [6.07, 6.45) is 0.990. The summed E-state index contributed by atoms with van der Waals surface area (Å²) in [5, 5.41) is 6.66. The second-order valence-corrected chi connectivity index (χ2v) is 6.27. The molecule has 0 bridgehead atoms. The highest BCUT2D eigenvalue weighted by Crippen LogP contribution is 2.10. The molecule has 0 aromatic heterocycles. The number of nitrogens with zero attached hydrogens (tertiary/aromatic N) is 1. The third kappa shape index (κ3) is 8.55. The summed E-state index contributed by atoms with van der Waals surface area (Å²) in [6.45, 7) is 12.8. The van der Waals surface area contributed by atoms with Crippen LogP contribution >= 0.6 is 24.0 Å². The lowest BCUT2D eigenvalue weighted by atomic mass is 10.0. The Bertz CT molecular complexity index is 501. The molecule has 0 spiro atoms. The highest BCUT2D eigenvalue weighted by Gasteiger charge is 2.15. The number of rotatable bonds is 7. The molecule has 0 saturated carbocycles. The Morgan fingerprint density at radius 2 is 1.91 bits per heavy atom. The zero-order valence-electron chi connectivity index (χ0n) is 15.3. The summed E-state index contributed by atoms with van der Waals surface area (Å²) < 4.78 is 5.40. The summed E-state index contributed by atoms with van der Waals surface area (Å²) in [6, 6.07) is 6.61. The minimum atomic E-state index is -0.240. The summed E-state index contributed by atoms with van der Waals surface area (Å²) in [4.78, 5) is 4.59. The first kappa shape index (κ1) is 22.2. The van der Waals surface area contributed by atoms with Gasteiger partial charge in [-0.25, -0.2) is 0 Å². The van der Waals surface area contributed by atoms with E-state index in [-0.39, 0.29) is 29.6 Å². The molecule has 1 aromatic rings. The highest BCUT2D eigenvalue weighted by molar-refractivity contribution is 14.0. The fraction of sp³-hybridized carbons (Fsp3) is 0.611. The van der Waals surface area contributed by atoms with Crippen molar-refractivity contribution < 1.29 is 4.74 Å². The maximum absolute atomic E-state index is 5.40. The number of halogens is 1. The predicted molar refractivity (Wildman–Crippen MR) is 110 cm³/mol. The van der Waals surface area contributed by atoms with Gasteiger partial charge in [-0.1, -0.05) is 23.8 Å². The Labute approximate surface area is 158 Å². The molecule has 0 saturated heterocycles. The molecule has 0 amide bonds. The van der Waals surface area contributed by atoms with Gasteiger partial charge >= 0.3 is 0 Å². The maximum Gasteiger partial charge on any atom is 0.191 e. The maximum atomic E-state index is 5.40. The Morgan fingerprint density at radius 3 is 2.48 bits per heavy atom. The average Bonchev–Trinajstić information content (AvgIpc) is 2.47. The van der Waals surface area contributed by atoms with Gasteiger partial charge in [0.2, 0.25) is 0 Å². The van der Waals surface area contributed by atoms with Crippen LogP contribution in [0.5, 0.6) is 0 Å². The fourth-order valence-corrected chi connectivity index (χ4v) is 2.12. The van der Waals surface area contributed by atoms with Crippen LogP contribution in [-0.4, -0.2) is 38.3 Å². The van der Waals surface area contributed by atoms with Gasteiger partial charge in [0.05, 0.1) is 12.1 Å². The molecule has 0 aliphatic heterocycles. The van der Waals surface area contributed by atoms with Gasteiger partial charge in [-0.2, -0.15) is 0 Å². The van der Waals surface area contributed by atoms with E-state index in [9.17, 15) is 0 Å². The van der Waals surface area contributed by atoms with E-state index in [1.807, 2.05) is 13.8 Å². The van der Waals surface area contributed by atoms with Crippen molar-refractivity contribution in [2.24, 2.45) is 4.99 Å². The van der Waals surface area contributed by atoms with Crippen molar-refractivity contribution in [1.82, 2.24) is 10.6 Å². The number of benzene rings is 1. The Balaban J connectivity index is 0.00000484. The van der Waals surface area contributed by atoms with Crippen LogP contribution in [0.25, 0.3) is 0 Å². The van der Waals surface area contributed by atoms with E-state index in [1.165, 1.54) is 16.7 Å². The molecule has 132 valence electrons. The molecule has 0 radical (unpaired) electrons. The van der Waals surface area contributed by atoms with Crippen molar-refractivity contribution >= 4 is 29.9 Å². The van der Waals surface area contributed by atoms with E-state index in [0.717, 1.165) is 25.5 Å². The molecule has 0 aliphatic carbocycles. The monoisotopic (exact) mass is 433 g/mol. The quantitative estimate of drug-likeness (QED) is 0.394. The van der Waals surface area contributed by atoms with Crippen LogP contribution in [0.3, 0.4) is 0 Å². The zero-order chi connectivity index (χ0) is 16.6. The molecular weight excluding hydrogens is 401 g/mol. The Kier molecular flexibility index (Phi) is 10.5. The molecular formula is C18H32IN3O. The minimum absolute atomic E-state index is 0. The molecule has 0 atom stereocenters. The fourth-order valence-electron chi connectivity index (χ4n) is 2.12. The second kappa shape index (κ2) is 10.9. The normalized spacial score (nSPS) is 11.8. The van der Waals surface area contributed by atoms with E-state index in [2.05, 4.69) is 54.6 Å². The largest absolute Gasteiger partial charge is 0.377 e. The standard InChI is InChI=1S/C18H31N3O.HI/c1-7-19-17(21-13-18(4,5)22-6)20-11-10-16-9-8-14(2)12-15(16)3;/h8-9,12H,7,10-11,13H2,1-6H3,(H2,19,20,21);1H. The zero-order valence-corrected chi connectivity index (χ0v) is 17.7. The smallest absolute Gasteiger partial charge is 0.191 e. The van der Waals surface area contributed by atoms with Crippen LogP contribution in [0.4, 0.5) is 0 Å². The number of aliphatic imine (C=N–C) groups is 1. The van der Waals surface area contributed by atoms with Gasteiger partial charge in [0.15, 0.2) is 5.96 Å². The molecule has 0 unspecified atom stereocenters. The van der Waals surface area contributed by atoms with Crippen molar-refractivity contribution in [1.29, 1.82) is 0 Å². The molecule has 2 N–H and O–H groups in total. The number of hydrogen-bond donors (Lipinski definition) is 2. The molecule has 0 heterocycles. The SMILES string of the molecule is CCNC(=NCC(C)(C)OC)NCCc1ccc(C)cc1C.I. The van der Waals surface area contributed by atoms with Crippen molar-refractivity contribution in [3.63, 3.8) is 0 Å². The highest BCUT2D eigenvalue weighted by atomic mass is 127. The van der Waals surface area contributed by atoms with Gasteiger partial charge in [0, 0.05) is 20.2 Å². The Morgan fingerprint density at radius 1 is 1.22 bits per heavy atom. The van der Waals surface area contributed by atoms with Crippen LogP contribution in [0.2, 0.25) is 0 Å². The summed E-state index contributed by atoms with van der Waals surface area (Å²) in [5.74, 6) is 0.845. The molecule has 0 fully saturated rings. The summed E-state index contributed by atoms with van der Waals surface area (Å²) in [7, 11) is 1.72. The molecule has 23 heavy (non-hydrogen) atoms. The van der Waals surface area contributed by atoms with E-state index < -0.39 is 0 Å². The number of hydrogen-bond acceptors (Lipinski definition) is 2. The van der Waals surface area contributed by atoms with Gasteiger partial charge in [-0.15, -0.1) is 24.0 Å². The second-order valence-electron chi connectivity index (χ2n) is 6.27. The first-order chi connectivity index (χ1) is 10.4. The van der Waals surface area contributed by atoms with Gasteiger partial charge in [0.25, 0.3) is 0 Å². The van der Waals surface area contributed by atoms with E-state index in [4.69, 9.17) is 4.74 Å². The van der Waals surface area contributed by atoms with E-state index in [1.54, 1.807) is 7.11 Å². The Hall–Kier alpha value is -0.820. The summed E-state index contributed by atoms with van der Waals surface area (Å²) >= 11 is 0. The van der Waals surface area contributed by atoms with Gasteiger partial charge in [0.1, 0.15) is 0 Å². The van der Waals surface area contributed by atoms with Crippen molar-refractivity contribution in [2.75, 3.05) is 26.7 Å². The molecule has 5 heteroatoms. The molecule has 0 aliphatic rings. The van der Waals surface area contributed by atoms with Crippen LogP contribution in [0.1, 0.15) is 37.5 Å². The van der Waals surface area contributed by atoms with Crippen LogP contribution in [0.15, 0.2) is 23.2 Å². The minimum Gasteiger partial charge on any atom is -0.377 e. The lowest BCUT2D eigenvalue weighted by Crippen LogP contribution is -2.40. The number of guanidine groups is 1. The van der Waals surface area contributed by atoms with Crippen molar-refractivity contribution in [3.8, 4) is 0 Å². The third-order valence-corrected chi connectivity index (χ3v) is 3.70. The van der Waals surface area contributed by atoms with Crippen molar-refractivity contribution in [2.45, 2.75) is 46.6 Å². The van der Waals surface area contributed by atoms with Gasteiger partial charge in [-0.05, 0) is 52.2 Å². The van der Waals surface area contributed by atoms with Crippen molar-refractivity contribution in [3.05, 3.63) is 34.9 Å². The van der Waals surface area contributed by atoms with E-state index >= 15 is 0 Å². The molecule has 4 nitrogen and oxygen atoms in total. The van der Waals surface area contributed by atoms with Crippen LogP contribution in [-0.2, 0) is 11.2 Å². The summed E-state index contributed by atoms with van der Waals surface area (Å²) in [5.41, 5.74) is 3.80. The predicted octanol–water partition coefficient (Wildman–Crippen LogP) is 3.44. The average molecular weight is 433 g/mol. The topological polar surface area (TPSA) is 45.7 Å². The first-order valence-electron chi connectivity index (χ1n) is 8.01. The van der Waals surface area contributed by atoms with Crippen LogP contribution < -0.4 is 10.6 Å². The third-order valence-electron chi connectivity index (χ3n) is 3.70. The number of methoxy groups -OCH3 is 1. The van der Waals surface area contributed by atoms with Crippen LogP contribution in [0, 0.1) is 13.8 Å². The van der Waals surface area contributed by atoms with E-state index in [0.29, 0.717) is 6.54 Å². The van der Waals surface area contributed by atoms with Gasteiger partial charge in [-0.3, -0.25) is 4.99 Å². The molecule has 1 rings (SSSR count). The number of nitrogens with one attached hydrogen (secondary N) is 2. The number of aryl methyl sites for hydroxylation is 2. The van der Waals surface area contributed by atoms with Gasteiger partial charge < -0.3 is 15.4 Å². The lowest BCUT2D eigenvalue weighted by molar-refractivity contribution is 0.0310. The lowest BCUT2D eigenvalue weighted by Gasteiger charge is -2.21. The first-order valence-corrected chi connectivity index (χ1v) is 8.01. The number of ether oxygens (including phenoxy) is 1.